The second-order valence-electron chi connectivity index (χ2n) is 4.71. The topological polar surface area (TPSA) is 68.5 Å². The van der Waals surface area contributed by atoms with Crippen molar-refractivity contribution in [2.45, 2.75) is 14.4 Å². The number of hydrogen-bond donors (Lipinski definition) is 2. The van der Waals surface area contributed by atoms with Gasteiger partial charge >= 0.3 is 141 Å². The summed E-state index contributed by atoms with van der Waals surface area (Å²) in [5, 5.41) is 11.4. The van der Waals surface area contributed by atoms with E-state index in [0.29, 0.717) is 5.75 Å². The van der Waals surface area contributed by atoms with Crippen LogP contribution in [0.5, 0.6) is 11.5 Å². The molecule has 1 aliphatic rings. The van der Waals surface area contributed by atoms with Crippen molar-refractivity contribution in [1.82, 2.24) is 3.53 Å². The number of carbonyl (C=O) groups excluding carboxylic acids is 1. The number of rotatable bonds is 3. The summed E-state index contributed by atoms with van der Waals surface area (Å²) in [5.41, 5.74) is 0. The van der Waals surface area contributed by atoms with Crippen LogP contribution in [0.1, 0.15) is 6.92 Å². The van der Waals surface area contributed by atoms with Crippen molar-refractivity contribution >= 4 is 39.3 Å². The van der Waals surface area contributed by atoms with Gasteiger partial charge in [-0.3, -0.25) is 0 Å². The van der Waals surface area contributed by atoms with Gasteiger partial charge in [-0.2, -0.15) is 0 Å². The first-order chi connectivity index (χ1) is 9.48. The zero-order valence-corrected chi connectivity index (χ0v) is 14.9. The molecule has 0 saturated carbocycles. The third kappa shape index (κ3) is 2.73. The van der Waals surface area contributed by atoms with Gasteiger partial charge in [-0.1, -0.05) is 0 Å². The fourth-order valence-corrected chi connectivity index (χ4v) is 5.18. The van der Waals surface area contributed by atoms with E-state index in [9.17, 15) is 9.90 Å². The Labute approximate surface area is 140 Å². The standard InChI is InChI=1S/C14H12I2NO3/c1-14(15,12-16-17-12)13(19)20-11-7-9(18)6-8-4-2-3-5-10(8)11/h2-7,12,17-18H,1H3/q-1. The molecule has 2 atom stereocenters. The van der Waals surface area contributed by atoms with E-state index in [2.05, 4.69) is 26.1 Å². The molecule has 1 aliphatic heterocycles. The number of nitrogens with one attached hydrogen (secondary N) is 1. The number of carbonyl (C=O) groups is 1. The van der Waals surface area contributed by atoms with E-state index in [1.54, 1.807) is 6.07 Å². The van der Waals surface area contributed by atoms with Crippen LogP contribution in [0.4, 0.5) is 0 Å². The molecule has 106 valence electrons. The fourth-order valence-electron chi connectivity index (χ4n) is 1.88. The van der Waals surface area contributed by atoms with E-state index in [4.69, 9.17) is 4.74 Å². The number of hydrogen-bond acceptors (Lipinski definition) is 4. The number of halogens is 2. The second kappa shape index (κ2) is 5.30. The number of ether oxygens (including phenoxy) is 1. The van der Waals surface area contributed by atoms with E-state index >= 15 is 0 Å². The molecule has 6 heteroatoms. The van der Waals surface area contributed by atoms with Gasteiger partial charge in [-0.25, -0.2) is 0 Å². The van der Waals surface area contributed by atoms with Gasteiger partial charge in [0.15, 0.2) is 0 Å². The molecule has 0 aromatic heterocycles. The maximum absolute atomic E-state index is 12.3. The number of esters is 1. The minimum absolute atomic E-state index is 0.0748. The van der Waals surface area contributed by atoms with Gasteiger partial charge in [0, 0.05) is 0 Å². The summed E-state index contributed by atoms with van der Waals surface area (Å²) in [7, 11) is 0. The summed E-state index contributed by atoms with van der Waals surface area (Å²) in [4.78, 5) is 12.3. The van der Waals surface area contributed by atoms with Gasteiger partial charge in [0.2, 0.25) is 0 Å². The zero-order valence-electron chi connectivity index (χ0n) is 10.6. The Bertz CT molecular complexity index is 683. The molecule has 4 nitrogen and oxygen atoms in total. The Morgan fingerprint density at radius 1 is 1.45 bits per heavy atom. The number of phenols is 1. The van der Waals surface area contributed by atoms with Gasteiger partial charge in [0.05, 0.1) is 0 Å². The Morgan fingerprint density at radius 3 is 2.85 bits per heavy atom. The predicted molar refractivity (Wildman–Crippen MR) is 80.6 cm³/mol. The molecule has 20 heavy (non-hydrogen) atoms. The van der Waals surface area contributed by atoms with Crippen LogP contribution in [-0.4, -0.2) is 18.5 Å². The predicted octanol–water partition coefficient (Wildman–Crippen LogP) is -0.422. The number of fused-ring (bicyclic) bond motifs is 1. The molecule has 3 rings (SSSR count). The van der Waals surface area contributed by atoms with Crippen molar-refractivity contribution in [2.24, 2.45) is 0 Å². The minimum atomic E-state index is -0.558. The monoisotopic (exact) mass is 496 g/mol. The summed E-state index contributed by atoms with van der Waals surface area (Å²) in [5.74, 6) is 0.231. The first kappa shape index (κ1) is 14.3. The van der Waals surface area contributed by atoms with Crippen molar-refractivity contribution in [3.63, 3.8) is 0 Å². The first-order valence-electron chi connectivity index (χ1n) is 5.99. The molecule has 2 N–H and O–H groups in total. The van der Waals surface area contributed by atoms with E-state index < -0.39 is 3.42 Å². The van der Waals surface area contributed by atoms with E-state index in [0.717, 1.165) is 10.8 Å². The quantitative estimate of drug-likeness (QED) is 0.115. The molecule has 2 unspecified atom stereocenters. The molecule has 1 saturated heterocycles. The van der Waals surface area contributed by atoms with Crippen LogP contribution in [0.3, 0.4) is 0 Å². The molecule has 1 fully saturated rings. The summed E-state index contributed by atoms with van der Waals surface area (Å²) in [6.45, 7) is 1.88. The van der Waals surface area contributed by atoms with Gasteiger partial charge in [0.1, 0.15) is 0 Å². The third-order valence-electron chi connectivity index (χ3n) is 3.10. The molecular weight excluding hydrogens is 484 g/mol. The average Bonchev–Trinajstić information content (AvgIpc) is 3.23. The van der Waals surface area contributed by atoms with Crippen molar-refractivity contribution < 1.29 is 36.1 Å². The van der Waals surface area contributed by atoms with E-state index in [-0.39, 0.29) is 37.2 Å². The summed E-state index contributed by atoms with van der Waals surface area (Å²) >= 11 is 2.07. The van der Waals surface area contributed by atoms with E-state index in [1.807, 2.05) is 31.2 Å². The Hall–Kier alpha value is -0.610. The molecule has 0 radical (unpaired) electrons. The number of benzene rings is 2. The molecule has 0 bridgehead atoms. The summed E-state index contributed by atoms with van der Waals surface area (Å²) in [6.07, 6.45) is 0. The molecule has 1 heterocycles. The molecule has 0 amide bonds. The van der Waals surface area contributed by atoms with Gasteiger partial charge in [-0.05, 0) is 0 Å². The van der Waals surface area contributed by atoms with E-state index in [1.165, 1.54) is 6.07 Å². The summed E-state index contributed by atoms with van der Waals surface area (Å²) < 4.78 is 8.49. The Balaban J connectivity index is 1.96. The Morgan fingerprint density at radius 2 is 2.15 bits per heavy atom. The van der Waals surface area contributed by atoms with Crippen LogP contribution in [-0.2, 0) is 4.79 Å². The van der Waals surface area contributed by atoms with Gasteiger partial charge in [0.25, 0.3) is 0 Å². The average molecular weight is 496 g/mol. The second-order valence-corrected chi connectivity index (χ2v) is 9.44. The zero-order chi connectivity index (χ0) is 14.3. The normalized spacial score (nSPS) is 20.8. The number of aromatic hydroxyl groups is 1. The van der Waals surface area contributed by atoms with Crippen LogP contribution in [0.2, 0.25) is 0 Å². The molecule has 0 spiro atoms. The Kier molecular flexibility index (Phi) is 3.80. The molecular formula is C14H12I2NO3-. The molecule has 2 aromatic rings. The van der Waals surface area contributed by atoms with Crippen LogP contribution >= 0.6 is 22.6 Å². The van der Waals surface area contributed by atoms with Crippen molar-refractivity contribution in [3.05, 3.63) is 36.4 Å². The summed E-state index contributed by atoms with van der Waals surface area (Å²) in [6, 6.07) is 10.7. The third-order valence-corrected chi connectivity index (χ3v) is 7.85. The van der Waals surface area contributed by atoms with Crippen molar-refractivity contribution in [1.29, 1.82) is 0 Å². The first-order valence-corrected chi connectivity index (χ1v) is 9.39. The van der Waals surface area contributed by atoms with Gasteiger partial charge in [-0.15, -0.1) is 0 Å². The number of alkyl halides is 2. The fraction of sp³-hybridized carbons (Fsp3) is 0.214. The van der Waals surface area contributed by atoms with Crippen molar-refractivity contribution in [2.75, 3.05) is 0 Å². The van der Waals surface area contributed by atoms with Crippen LogP contribution in [0, 0.1) is 0 Å². The molecule has 0 aliphatic carbocycles. The number of phenolic OH excluding ortho intramolecular Hbond substituents is 1. The SMILES string of the molecule is CC(I)(C(=O)Oc1cc(O)cc2ccccc12)C1N[I-]1. The van der Waals surface area contributed by atoms with Gasteiger partial charge < -0.3 is 0 Å². The maximum atomic E-state index is 12.3. The van der Waals surface area contributed by atoms with Crippen molar-refractivity contribution in [3.8, 4) is 11.5 Å². The van der Waals surface area contributed by atoms with Crippen LogP contribution in [0.25, 0.3) is 10.8 Å². The van der Waals surface area contributed by atoms with Crippen LogP contribution < -0.4 is 29.7 Å². The van der Waals surface area contributed by atoms with Crippen LogP contribution in [0.15, 0.2) is 36.4 Å². The molecule has 2 aromatic carbocycles.